The van der Waals surface area contributed by atoms with Crippen molar-refractivity contribution in [3.63, 3.8) is 0 Å². The van der Waals surface area contributed by atoms with Crippen LogP contribution in [0, 0.1) is 6.92 Å². The van der Waals surface area contributed by atoms with E-state index >= 15 is 0 Å². The molecule has 1 aliphatic heterocycles. The first-order valence-corrected chi connectivity index (χ1v) is 11.1. The first-order valence-electron chi connectivity index (χ1n) is 11.1. The molecule has 0 radical (unpaired) electrons. The van der Waals surface area contributed by atoms with Gasteiger partial charge in [-0.05, 0) is 43.9 Å². The van der Waals surface area contributed by atoms with E-state index in [0.29, 0.717) is 30.4 Å². The molecule has 1 aliphatic rings. The summed E-state index contributed by atoms with van der Waals surface area (Å²) in [6.45, 7) is 3.24. The molecular weight excluding hydrogens is 420 g/mol. The number of ether oxygens (including phenoxy) is 2. The van der Waals surface area contributed by atoms with Crippen LogP contribution in [-0.2, 0) is 11.3 Å². The number of rotatable bonds is 8. The van der Waals surface area contributed by atoms with Gasteiger partial charge in [-0.3, -0.25) is 9.36 Å². The van der Waals surface area contributed by atoms with Crippen LogP contribution in [0.15, 0.2) is 43.0 Å². The minimum absolute atomic E-state index is 0.00861. The minimum atomic E-state index is 0.00861. The molecule has 1 saturated heterocycles. The average Bonchev–Trinajstić information content (AvgIpc) is 3.37. The zero-order valence-electron chi connectivity index (χ0n) is 19.3. The number of hydrogen-bond donors (Lipinski definition) is 1. The van der Waals surface area contributed by atoms with Crippen LogP contribution in [0.3, 0.4) is 0 Å². The summed E-state index contributed by atoms with van der Waals surface area (Å²) >= 11 is 0. The minimum Gasteiger partial charge on any atom is -0.497 e. The number of aryl methyl sites for hydroxylation is 1. The number of aromatic nitrogens is 4. The summed E-state index contributed by atoms with van der Waals surface area (Å²) in [6, 6.07) is 7.68. The quantitative estimate of drug-likeness (QED) is 0.564. The highest BCUT2D eigenvalue weighted by molar-refractivity contribution is 5.77. The standard InChI is InChI=1S/C24H30N6O3/c1-17-10-22(28-24(27-17)29-9-7-25-16-29)30-8-5-4-6-19(30)13-23(31)26-15-18-11-20(32-2)14-21(12-18)33-3/h7,9-12,14,16,19H,4-6,8,13,15H2,1-3H3,(H,26,31). The van der Waals surface area contributed by atoms with E-state index in [1.165, 1.54) is 0 Å². The van der Waals surface area contributed by atoms with Crippen LogP contribution >= 0.6 is 0 Å². The number of nitrogens with zero attached hydrogens (tertiary/aromatic N) is 5. The van der Waals surface area contributed by atoms with Crippen molar-refractivity contribution in [1.29, 1.82) is 0 Å². The number of methoxy groups -OCH3 is 2. The van der Waals surface area contributed by atoms with Crippen molar-refractivity contribution in [2.75, 3.05) is 25.7 Å². The van der Waals surface area contributed by atoms with Gasteiger partial charge in [0.2, 0.25) is 11.9 Å². The van der Waals surface area contributed by atoms with Crippen LogP contribution in [0.2, 0.25) is 0 Å². The van der Waals surface area contributed by atoms with Crippen molar-refractivity contribution in [2.45, 2.75) is 45.2 Å². The summed E-state index contributed by atoms with van der Waals surface area (Å²) in [5.41, 5.74) is 1.81. The van der Waals surface area contributed by atoms with Gasteiger partial charge >= 0.3 is 0 Å². The van der Waals surface area contributed by atoms with E-state index < -0.39 is 0 Å². The zero-order chi connectivity index (χ0) is 23.2. The molecule has 1 amide bonds. The maximum absolute atomic E-state index is 12.8. The summed E-state index contributed by atoms with van der Waals surface area (Å²) in [5, 5.41) is 3.04. The van der Waals surface area contributed by atoms with Crippen LogP contribution in [0.25, 0.3) is 5.95 Å². The second-order valence-electron chi connectivity index (χ2n) is 8.18. The Morgan fingerprint density at radius 1 is 1.12 bits per heavy atom. The lowest BCUT2D eigenvalue weighted by Crippen LogP contribution is -2.43. The maximum Gasteiger partial charge on any atom is 0.237 e. The van der Waals surface area contributed by atoms with Crippen molar-refractivity contribution in [2.24, 2.45) is 0 Å². The van der Waals surface area contributed by atoms with Gasteiger partial charge in [0.05, 0.1) is 14.2 Å². The first kappa shape index (κ1) is 22.6. The van der Waals surface area contributed by atoms with Crippen molar-refractivity contribution < 1.29 is 14.3 Å². The molecule has 1 unspecified atom stereocenters. The van der Waals surface area contributed by atoms with Crippen molar-refractivity contribution in [1.82, 2.24) is 24.8 Å². The Labute approximate surface area is 193 Å². The molecule has 3 heterocycles. The van der Waals surface area contributed by atoms with Gasteiger partial charge in [-0.25, -0.2) is 9.97 Å². The van der Waals surface area contributed by atoms with Gasteiger partial charge in [0, 0.05) is 55.8 Å². The summed E-state index contributed by atoms with van der Waals surface area (Å²) in [5.74, 6) is 2.84. The number of carbonyl (C=O) groups is 1. The molecule has 3 aromatic rings. The second-order valence-corrected chi connectivity index (χ2v) is 8.18. The lowest BCUT2D eigenvalue weighted by molar-refractivity contribution is -0.121. The zero-order valence-corrected chi connectivity index (χ0v) is 19.3. The summed E-state index contributed by atoms with van der Waals surface area (Å²) in [4.78, 5) is 28.5. The second kappa shape index (κ2) is 10.3. The summed E-state index contributed by atoms with van der Waals surface area (Å²) in [7, 11) is 3.23. The molecule has 0 aliphatic carbocycles. The van der Waals surface area contributed by atoms with Crippen LogP contribution in [0.1, 0.15) is 36.9 Å². The van der Waals surface area contributed by atoms with Crippen molar-refractivity contribution >= 4 is 11.7 Å². The fraction of sp³-hybridized carbons (Fsp3) is 0.417. The van der Waals surface area contributed by atoms with Gasteiger partial charge in [0.15, 0.2) is 0 Å². The third-order valence-corrected chi connectivity index (χ3v) is 5.81. The lowest BCUT2D eigenvalue weighted by Gasteiger charge is -2.36. The van der Waals surface area contributed by atoms with Gasteiger partial charge in [-0.15, -0.1) is 0 Å². The monoisotopic (exact) mass is 450 g/mol. The molecule has 4 rings (SSSR count). The number of piperidine rings is 1. The molecule has 0 bridgehead atoms. The van der Waals surface area contributed by atoms with Gasteiger partial charge in [0.25, 0.3) is 0 Å². The fourth-order valence-corrected chi connectivity index (χ4v) is 4.15. The molecule has 1 atom stereocenters. The molecule has 1 aromatic carbocycles. The highest BCUT2D eigenvalue weighted by Crippen LogP contribution is 2.27. The number of hydrogen-bond acceptors (Lipinski definition) is 7. The number of carbonyl (C=O) groups excluding carboxylic acids is 1. The van der Waals surface area contributed by atoms with Gasteiger partial charge in [-0.2, -0.15) is 4.98 Å². The molecular formula is C24H30N6O3. The predicted octanol–water partition coefficient (Wildman–Crippen LogP) is 3.05. The van der Waals surface area contributed by atoms with E-state index in [0.717, 1.165) is 42.9 Å². The van der Waals surface area contributed by atoms with Gasteiger partial charge < -0.3 is 19.7 Å². The smallest absolute Gasteiger partial charge is 0.237 e. The summed E-state index contributed by atoms with van der Waals surface area (Å²) < 4.78 is 12.4. The Kier molecular flexibility index (Phi) is 7.07. The van der Waals surface area contributed by atoms with Gasteiger partial charge in [0.1, 0.15) is 23.6 Å². The summed E-state index contributed by atoms with van der Waals surface area (Å²) in [6.07, 6.45) is 8.75. The van der Waals surface area contributed by atoms with Crippen molar-refractivity contribution in [3.05, 3.63) is 54.2 Å². The Balaban J connectivity index is 1.44. The topological polar surface area (TPSA) is 94.4 Å². The van der Waals surface area contributed by atoms with Crippen molar-refractivity contribution in [3.8, 4) is 17.4 Å². The fourth-order valence-electron chi connectivity index (χ4n) is 4.15. The molecule has 2 aromatic heterocycles. The van der Waals surface area contributed by atoms with E-state index in [2.05, 4.69) is 20.2 Å². The third-order valence-electron chi connectivity index (χ3n) is 5.81. The molecule has 1 fully saturated rings. The number of benzene rings is 1. The maximum atomic E-state index is 12.8. The Morgan fingerprint density at radius 2 is 1.91 bits per heavy atom. The Morgan fingerprint density at radius 3 is 2.61 bits per heavy atom. The van der Waals surface area contributed by atoms with Crippen LogP contribution in [0.5, 0.6) is 11.5 Å². The average molecular weight is 451 g/mol. The van der Waals surface area contributed by atoms with E-state index in [9.17, 15) is 4.79 Å². The van der Waals surface area contributed by atoms with Crippen LogP contribution < -0.4 is 19.7 Å². The highest BCUT2D eigenvalue weighted by atomic mass is 16.5. The Bertz CT molecular complexity index is 1060. The first-order chi connectivity index (χ1) is 16.1. The van der Waals surface area contributed by atoms with Crippen LogP contribution in [0.4, 0.5) is 5.82 Å². The number of amides is 1. The van der Waals surface area contributed by atoms with E-state index in [-0.39, 0.29) is 11.9 Å². The molecule has 9 nitrogen and oxygen atoms in total. The molecule has 0 spiro atoms. The normalized spacial score (nSPS) is 15.8. The van der Waals surface area contributed by atoms with E-state index in [1.54, 1.807) is 31.3 Å². The highest BCUT2D eigenvalue weighted by Gasteiger charge is 2.26. The molecule has 0 saturated carbocycles. The third kappa shape index (κ3) is 5.60. The van der Waals surface area contributed by atoms with Crippen LogP contribution in [-0.4, -0.2) is 52.2 Å². The molecule has 174 valence electrons. The van der Waals surface area contributed by atoms with E-state index in [1.807, 2.05) is 37.4 Å². The number of imidazole rings is 1. The number of anilines is 1. The predicted molar refractivity (Wildman–Crippen MR) is 125 cm³/mol. The largest absolute Gasteiger partial charge is 0.497 e. The molecule has 9 heteroatoms. The SMILES string of the molecule is COc1cc(CNC(=O)CC2CCCCN2c2cc(C)nc(-n3ccnc3)n2)cc(OC)c1. The molecule has 33 heavy (non-hydrogen) atoms. The number of nitrogens with one attached hydrogen (secondary N) is 1. The molecule has 1 N–H and O–H groups in total. The lowest BCUT2D eigenvalue weighted by atomic mass is 9.99. The van der Waals surface area contributed by atoms with Gasteiger partial charge in [-0.1, -0.05) is 0 Å². The van der Waals surface area contributed by atoms with E-state index in [4.69, 9.17) is 14.5 Å². The Hall–Kier alpha value is -3.62.